The van der Waals surface area contributed by atoms with Crippen molar-refractivity contribution in [2.24, 2.45) is 0 Å². The molecule has 0 fully saturated rings. The van der Waals surface area contributed by atoms with E-state index in [-0.39, 0.29) is 5.04 Å². The summed E-state index contributed by atoms with van der Waals surface area (Å²) in [4.78, 5) is 14.9. The van der Waals surface area contributed by atoms with Gasteiger partial charge < -0.3 is 9.53 Å². The molecule has 0 aromatic carbocycles. The van der Waals surface area contributed by atoms with Crippen LogP contribution in [0.15, 0.2) is 18.3 Å². The van der Waals surface area contributed by atoms with Crippen LogP contribution in [0.2, 0.25) is 5.04 Å². The second-order valence-corrected chi connectivity index (χ2v) is 8.89. The van der Waals surface area contributed by atoms with Crippen LogP contribution in [-0.4, -0.2) is 25.9 Å². The van der Waals surface area contributed by atoms with E-state index in [1.54, 1.807) is 12.3 Å². The van der Waals surface area contributed by atoms with Crippen molar-refractivity contribution < 1.29 is 14.3 Å². The van der Waals surface area contributed by atoms with Gasteiger partial charge in [-0.1, -0.05) is 26.8 Å². The van der Waals surface area contributed by atoms with Crippen LogP contribution in [-0.2, 0) is 10.0 Å². The van der Waals surface area contributed by atoms with Crippen molar-refractivity contribution in [3.8, 4) is 0 Å². The van der Waals surface area contributed by atoms with Gasteiger partial charge in [-0.2, -0.15) is 0 Å². The molecule has 6 heteroatoms. The lowest BCUT2D eigenvalue weighted by Crippen LogP contribution is -2.29. The second kappa shape index (κ2) is 5.71. The minimum atomic E-state index is -1.12. The average molecular weight is 282 g/mol. The first-order valence-electron chi connectivity index (χ1n) is 6.21. The van der Waals surface area contributed by atoms with Gasteiger partial charge in [0, 0.05) is 11.8 Å². The van der Waals surface area contributed by atoms with Crippen molar-refractivity contribution in [1.82, 2.24) is 4.98 Å². The maximum atomic E-state index is 10.8. The Balaban J connectivity index is 2.96. The fourth-order valence-electron chi connectivity index (χ4n) is 1.57. The van der Waals surface area contributed by atoms with Gasteiger partial charge in [0.25, 0.3) is 0 Å². The van der Waals surface area contributed by atoms with Gasteiger partial charge in [0.05, 0.1) is 5.60 Å². The summed E-state index contributed by atoms with van der Waals surface area (Å²) in [7, 11) is -0.744. The maximum Gasteiger partial charge on any atom is 0.410 e. The van der Waals surface area contributed by atoms with Gasteiger partial charge in [0.15, 0.2) is 9.76 Å². The number of rotatable bonds is 4. The molecule has 0 saturated carbocycles. The third-order valence-electron chi connectivity index (χ3n) is 2.55. The predicted molar refractivity (Wildman–Crippen MR) is 78.3 cm³/mol. The van der Waals surface area contributed by atoms with Crippen molar-refractivity contribution >= 4 is 21.7 Å². The first-order valence-corrected chi connectivity index (χ1v) is 7.50. The molecule has 2 N–H and O–H groups in total. The Kier molecular flexibility index (Phi) is 4.70. The van der Waals surface area contributed by atoms with Gasteiger partial charge in [-0.3, -0.25) is 5.32 Å². The van der Waals surface area contributed by atoms with Crippen LogP contribution < -0.4 is 5.32 Å². The Labute approximate surface area is 116 Å². The van der Waals surface area contributed by atoms with E-state index in [0.29, 0.717) is 5.82 Å². The minimum absolute atomic E-state index is 0.180. The first kappa shape index (κ1) is 15.7. The normalized spacial score (nSPS) is 12.9. The van der Waals surface area contributed by atoms with Crippen molar-refractivity contribution in [2.45, 2.75) is 45.3 Å². The standard InChI is InChI=1S/C13H22N2O3Si/c1-12(2,3)19-18-13(4,5)9-7-6-8-14-10(9)15-11(16)17/h6-8H,19H2,1-5H3,(H,14,15)(H,16,17). The lowest BCUT2D eigenvalue weighted by molar-refractivity contribution is 0.110. The highest BCUT2D eigenvalue weighted by atomic mass is 28.2. The molecule has 0 atom stereocenters. The molecule has 0 unspecified atom stereocenters. The monoisotopic (exact) mass is 282 g/mol. The number of nitrogens with one attached hydrogen (secondary N) is 1. The van der Waals surface area contributed by atoms with E-state index in [4.69, 9.17) is 9.53 Å². The summed E-state index contributed by atoms with van der Waals surface area (Å²) >= 11 is 0. The zero-order valence-corrected chi connectivity index (χ0v) is 13.6. The van der Waals surface area contributed by atoms with Crippen molar-refractivity contribution in [1.29, 1.82) is 0 Å². The molecule has 0 spiro atoms. The maximum absolute atomic E-state index is 10.8. The molecule has 0 radical (unpaired) electrons. The Morgan fingerprint density at radius 2 is 2.00 bits per heavy atom. The lowest BCUT2D eigenvalue weighted by atomic mass is 9.99. The highest BCUT2D eigenvalue weighted by molar-refractivity contribution is 6.31. The lowest BCUT2D eigenvalue weighted by Gasteiger charge is -2.31. The van der Waals surface area contributed by atoms with Gasteiger partial charge in [-0.25, -0.2) is 9.78 Å². The zero-order valence-electron chi connectivity index (χ0n) is 12.2. The van der Waals surface area contributed by atoms with Crippen molar-refractivity contribution in [3.63, 3.8) is 0 Å². The molecule has 0 aliphatic carbocycles. The van der Waals surface area contributed by atoms with E-state index in [0.717, 1.165) is 5.56 Å². The highest BCUT2D eigenvalue weighted by Crippen LogP contribution is 2.32. The third-order valence-corrected chi connectivity index (χ3v) is 4.28. The highest BCUT2D eigenvalue weighted by Gasteiger charge is 2.27. The molecular formula is C13H22N2O3Si. The summed E-state index contributed by atoms with van der Waals surface area (Å²) in [5.41, 5.74) is 0.208. The van der Waals surface area contributed by atoms with Gasteiger partial charge in [-0.05, 0) is 25.0 Å². The number of carboxylic acid groups (broad SMARTS) is 1. The number of amides is 1. The molecule has 1 aromatic rings. The number of aromatic nitrogens is 1. The molecule has 5 nitrogen and oxygen atoms in total. The van der Waals surface area contributed by atoms with Crippen LogP contribution in [0.3, 0.4) is 0 Å². The predicted octanol–water partition coefficient (Wildman–Crippen LogP) is 2.73. The van der Waals surface area contributed by atoms with Crippen LogP contribution >= 0.6 is 0 Å². The molecule has 106 valence electrons. The van der Waals surface area contributed by atoms with Crippen LogP contribution in [0.4, 0.5) is 10.6 Å². The quantitative estimate of drug-likeness (QED) is 0.833. The van der Waals surface area contributed by atoms with Gasteiger partial charge in [0.1, 0.15) is 5.82 Å². The molecule has 0 bridgehead atoms. The fraction of sp³-hybridized carbons (Fsp3) is 0.538. The molecule has 0 aliphatic rings. The number of nitrogens with zero attached hydrogens (tertiary/aromatic N) is 1. The molecule has 1 amide bonds. The van der Waals surface area contributed by atoms with E-state index in [9.17, 15) is 4.79 Å². The van der Waals surface area contributed by atoms with E-state index < -0.39 is 21.5 Å². The van der Waals surface area contributed by atoms with Crippen molar-refractivity contribution in [2.75, 3.05) is 5.32 Å². The summed E-state index contributed by atoms with van der Waals surface area (Å²) in [6.45, 7) is 10.3. The Hall–Kier alpha value is -1.40. The smallest absolute Gasteiger partial charge is 0.410 e. The third kappa shape index (κ3) is 5.00. The summed E-state index contributed by atoms with van der Waals surface area (Å²) in [6.07, 6.45) is 0.440. The number of carbonyl (C=O) groups is 1. The minimum Gasteiger partial charge on any atom is -0.465 e. The van der Waals surface area contributed by atoms with E-state index in [1.807, 2.05) is 19.9 Å². The average Bonchev–Trinajstić information content (AvgIpc) is 2.25. The van der Waals surface area contributed by atoms with Crippen LogP contribution in [0, 0.1) is 0 Å². The van der Waals surface area contributed by atoms with Crippen molar-refractivity contribution in [3.05, 3.63) is 23.9 Å². The van der Waals surface area contributed by atoms with Gasteiger partial charge in [0.2, 0.25) is 0 Å². The number of hydrogen-bond acceptors (Lipinski definition) is 3. The summed E-state index contributed by atoms with van der Waals surface area (Å²) in [6, 6.07) is 3.63. The Morgan fingerprint density at radius 1 is 1.37 bits per heavy atom. The van der Waals surface area contributed by atoms with Gasteiger partial charge >= 0.3 is 6.09 Å². The van der Waals surface area contributed by atoms with E-state index >= 15 is 0 Å². The largest absolute Gasteiger partial charge is 0.465 e. The van der Waals surface area contributed by atoms with E-state index in [1.165, 1.54) is 0 Å². The molecule has 19 heavy (non-hydrogen) atoms. The number of anilines is 1. The van der Waals surface area contributed by atoms with Crippen LogP contribution in [0.1, 0.15) is 40.2 Å². The molecule has 1 rings (SSSR count). The number of pyridine rings is 1. The summed E-state index contributed by atoms with van der Waals surface area (Å²) in [5.74, 6) is 0.336. The summed E-state index contributed by atoms with van der Waals surface area (Å²) < 4.78 is 6.07. The SMILES string of the molecule is CC(C)(C)[SiH2]OC(C)(C)c1cccnc1NC(=O)O. The van der Waals surface area contributed by atoms with Crippen LogP contribution in [0.5, 0.6) is 0 Å². The Bertz CT molecular complexity index is 455. The van der Waals surface area contributed by atoms with E-state index in [2.05, 4.69) is 31.1 Å². The number of hydrogen-bond donors (Lipinski definition) is 2. The molecule has 1 heterocycles. The molecular weight excluding hydrogens is 260 g/mol. The summed E-state index contributed by atoms with van der Waals surface area (Å²) in [5, 5.41) is 11.3. The first-order chi connectivity index (χ1) is 8.62. The molecule has 0 saturated heterocycles. The van der Waals surface area contributed by atoms with Crippen LogP contribution in [0.25, 0.3) is 0 Å². The molecule has 1 aromatic heterocycles. The second-order valence-electron chi connectivity index (χ2n) is 6.19. The molecule has 0 aliphatic heterocycles. The zero-order chi connectivity index (χ0) is 14.7. The van der Waals surface area contributed by atoms with Gasteiger partial charge in [-0.15, -0.1) is 0 Å². The topological polar surface area (TPSA) is 71.5 Å². The Morgan fingerprint density at radius 3 is 2.53 bits per heavy atom. The fourth-order valence-corrected chi connectivity index (χ4v) is 2.52.